The van der Waals surface area contributed by atoms with Crippen molar-refractivity contribution >= 4 is 0 Å². The first-order valence-electron chi connectivity index (χ1n) is 5.46. The molecule has 0 aliphatic carbocycles. The summed E-state index contributed by atoms with van der Waals surface area (Å²) in [4.78, 5) is 0. The summed E-state index contributed by atoms with van der Waals surface area (Å²) < 4.78 is 7.20. The van der Waals surface area contributed by atoms with E-state index in [2.05, 4.69) is 17.2 Å². The van der Waals surface area contributed by atoms with Crippen LogP contribution in [0.25, 0.3) is 22.5 Å². The van der Waals surface area contributed by atoms with Crippen molar-refractivity contribution in [3.63, 3.8) is 0 Å². The van der Waals surface area contributed by atoms with Gasteiger partial charge in [-0.15, -0.1) is 0 Å². The van der Waals surface area contributed by atoms with Gasteiger partial charge in [0.15, 0.2) is 0 Å². The molecule has 0 radical (unpaired) electrons. The van der Waals surface area contributed by atoms with Gasteiger partial charge in [-0.1, -0.05) is 18.2 Å². The molecule has 0 amide bonds. The molecule has 0 unspecified atom stereocenters. The van der Waals surface area contributed by atoms with E-state index in [0.29, 0.717) is 0 Å². The highest BCUT2D eigenvalue weighted by Gasteiger charge is 2.04. The number of benzene rings is 1. The highest BCUT2D eigenvalue weighted by Crippen LogP contribution is 2.26. The van der Waals surface area contributed by atoms with Gasteiger partial charge < -0.3 is 4.42 Å². The standard InChI is InChI=1S/C14H12N2O/c1-16-10-13(9-15-16)11-4-2-5-12(8-11)14-6-3-7-17-14/h2-10H,1H3. The second-order valence-electron chi connectivity index (χ2n) is 3.96. The third-order valence-electron chi connectivity index (χ3n) is 2.71. The maximum atomic E-state index is 5.39. The van der Waals surface area contributed by atoms with Crippen molar-refractivity contribution in [2.24, 2.45) is 7.05 Å². The van der Waals surface area contributed by atoms with Crippen LogP contribution in [0.5, 0.6) is 0 Å². The minimum Gasteiger partial charge on any atom is -0.464 e. The van der Waals surface area contributed by atoms with Gasteiger partial charge in [-0.3, -0.25) is 4.68 Å². The van der Waals surface area contributed by atoms with Crippen LogP contribution < -0.4 is 0 Å². The Hall–Kier alpha value is -2.29. The Bertz CT molecular complexity index is 623. The van der Waals surface area contributed by atoms with Crippen molar-refractivity contribution < 1.29 is 4.42 Å². The van der Waals surface area contributed by atoms with E-state index in [1.165, 1.54) is 0 Å². The van der Waals surface area contributed by atoms with Crippen molar-refractivity contribution in [2.45, 2.75) is 0 Å². The Morgan fingerprint density at radius 2 is 1.94 bits per heavy atom. The average Bonchev–Trinajstić information content (AvgIpc) is 3.00. The molecule has 3 rings (SSSR count). The first kappa shape index (κ1) is 9.90. The van der Waals surface area contributed by atoms with Crippen LogP contribution in [0.2, 0.25) is 0 Å². The SMILES string of the molecule is Cn1cc(-c2cccc(-c3ccco3)c2)cn1. The van der Waals surface area contributed by atoms with Gasteiger partial charge in [0.1, 0.15) is 5.76 Å². The fourth-order valence-electron chi connectivity index (χ4n) is 1.87. The van der Waals surface area contributed by atoms with E-state index in [-0.39, 0.29) is 0 Å². The van der Waals surface area contributed by atoms with Crippen LogP contribution in [-0.2, 0) is 7.05 Å². The van der Waals surface area contributed by atoms with E-state index in [0.717, 1.165) is 22.5 Å². The summed E-state index contributed by atoms with van der Waals surface area (Å²) in [6.07, 6.45) is 5.55. The molecule has 0 spiro atoms. The molecule has 0 aliphatic heterocycles. The Labute approximate surface area is 99.3 Å². The Kier molecular flexibility index (Phi) is 2.29. The fourth-order valence-corrected chi connectivity index (χ4v) is 1.87. The molecule has 3 nitrogen and oxygen atoms in total. The minimum absolute atomic E-state index is 0.885. The molecular weight excluding hydrogens is 212 g/mol. The van der Waals surface area contributed by atoms with Gasteiger partial charge in [0.25, 0.3) is 0 Å². The van der Waals surface area contributed by atoms with Crippen LogP contribution in [0.15, 0.2) is 59.5 Å². The third-order valence-corrected chi connectivity index (χ3v) is 2.71. The molecule has 3 heteroatoms. The minimum atomic E-state index is 0.885. The fraction of sp³-hybridized carbons (Fsp3) is 0.0714. The summed E-state index contributed by atoms with van der Waals surface area (Å²) in [6.45, 7) is 0. The van der Waals surface area contributed by atoms with Gasteiger partial charge in [-0.2, -0.15) is 5.10 Å². The highest BCUT2D eigenvalue weighted by atomic mass is 16.3. The molecular formula is C14H12N2O. The van der Waals surface area contributed by atoms with Crippen LogP contribution >= 0.6 is 0 Å². The smallest absolute Gasteiger partial charge is 0.133 e. The van der Waals surface area contributed by atoms with Gasteiger partial charge in [-0.25, -0.2) is 0 Å². The first-order chi connectivity index (χ1) is 8.33. The molecule has 0 N–H and O–H groups in total. The van der Waals surface area contributed by atoms with Crippen LogP contribution in [0.3, 0.4) is 0 Å². The largest absolute Gasteiger partial charge is 0.464 e. The van der Waals surface area contributed by atoms with Crippen molar-refractivity contribution in [1.82, 2.24) is 9.78 Å². The van der Waals surface area contributed by atoms with Crippen molar-refractivity contribution in [2.75, 3.05) is 0 Å². The number of aromatic nitrogens is 2. The molecule has 2 heterocycles. The normalized spacial score (nSPS) is 10.6. The lowest BCUT2D eigenvalue weighted by Crippen LogP contribution is -1.84. The van der Waals surface area contributed by atoms with Crippen molar-refractivity contribution in [1.29, 1.82) is 0 Å². The first-order valence-corrected chi connectivity index (χ1v) is 5.46. The topological polar surface area (TPSA) is 31.0 Å². The lowest BCUT2D eigenvalue weighted by atomic mass is 10.1. The van der Waals surface area contributed by atoms with Gasteiger partial charge in [0.2, 0.25) is 0 Å². The maximum absolute atomic E-state index is 5.39. The number of aryl methyl sites for hydroxylation is 1. The summed E-state index contributed by atoms with van der Waals surface area (Å²) in [5.74, 6) is 0.885. The summed E-state index contributed by atoms with van der Waals surface area (Å²) in [6, 6.07) is 12.1. The zero-order valence-corrected chi connectivity index (χ0v) is 9.50. The van der Waals surface area contributed by atoms with E-state index in [1.807, 2.05) is 43.7 Å². The molecule has 84 valence electrons. The Morgan fingerprint density at radius 3 is 2.65 bits per heavy atom. The quantitative estimate of drug-likeness (QED) is 0.668. The second kappa shape index (κ2) is 3.94. The third kappa shape index (κ3) is 1.87. The average molecular weight is 224 g/mol. The summed E-state index contributed by atoms with van der Waals surface area (Å²) in [5.41, 5.74) is 3.34. The Morgan fingerprint density at radius 1 is 1.06 bits per heavy atom. The number of nitrogens with zero attached hydrogens (tertiary/aromatic N) is 2. The van der Waals surface area contributed by atoms with Gasteiger partial charge in [-0.05, 0) is 23.8 Å². The molecule has 0 aliphatic rings. The number of hydrogen-bond acceptors (Lipinski definition) is 2. The van der Waals surface area contributed by atoms with E-state index in [9.17, 15) is 0 Å². The summed E-state index contributed by atoms with van der Waals surface area (Å²) >= 11 is 0. The molecule has 2 aromatic heterocycles. The molecule has 3 aromatic rings. The van der Waals surface area contributed by atoms with Crippen LogP contribution in [0.1, 0.15) is 0 Å². The van der Waals surface area contributed by atoms with E-state index in [1.54, 1.807) is 10.9 Å². The zero-order valence-electron chi connectivity index (χ0n) is 9.50. The Balaban J connectivity index is 2.05. The molecule has 0 saturated heterocycles. The monoisotopic (exact) mass is 224 g/mol. The summed E-state index contributed by atoms with van der Waals surface area (Å²) in [5, 5.41) is 4.18. The van der Waals surface area contributed by atoms with E-state index >= 15 is 0 Å². The molecule has 0 atom stereocenters. The molecule has 0 saturated carbocycles. The van der Waals surface area contributed by atoms with Crippen molar-refractivity contribution in [3.05, 3.63) is 55.1 Å². The zero-order chi connectivity index (χ0) is 11.7. The van der Waals surface area contributed by atoms with Gasteiger partial charge in [0.05, 0.1) is 12.5 Å². The predicted octanol–water partition coefficient (Wildman–Crippen LogP) is 3.35. The predicted molar refractivity (Wildman–Crippen MR) is 66.3 cm³/mol. The molecule has 0 fully saturated rings. The molecule has 17 heavy (non-hydrogen) atoms. The van der Waals surface area contributed by atoms with Crippen LogP contribution in [0.4, 0.5) is 0 Å². The lowest BCUT2D eigenvalue weighted by molar-refractivity contribution is 0.582. The van der Waals surface area contributed by atoms with Crippen molar-refractivity contribution in [3.8, 4) is 22.5 Å². The second-order valence-corrected chi connectivity index (χ2v) is 3.96. The van der Waals surface area contributed by atoms with Crippen LogP contribution in [0, 0.1) is 0 Å². The number of rotatable bonds is 2. The summed E-state index contributed by atoms with van der Waals surface area (Å²) in [7, 11) is 1.92. The number of hydrogen-bond donors (Lipinski definition) is 0. The van der Waals surface area contributed by atoms with Crippen LogP contribution in [-0.4, -0.2) is 9.78 Å². The highest BCUT2D eigenvalue weighted by molar-refractivity contribution is 5.69. The molecule has 1 aromatic carbocycles. The van der Waals surface area contributed by atoms with Gasteiger partial charge >= 0.3 is 0 Å². The lowest BCUT2D eigenvalue weighted by Gasteiger charge is -2.00. The molecule has 0 bridgehead atoms. The van der Waals surface area contributed by atoms with E-state index in [4.69, 9.17) is 4.42 Å². The van der Waals surface area contributed by atoms with E-state index < -0.39 is 0 Å². The maximum Gasteiger partial charge on any atom is 0.133 e. The van der Waals surface area contributed by atoms with Gasteiger partial charge in [0, 0.05) is 24.4 Å². The number of furan rings is 1.